The molecule has 0 unspecified atom stereocenters. The molecule has 2 aromatic rings. The van der Waals surface area contributed by atoms with Gasteiger partial charge in [-0.25, -0.2) is 0 Å². The molecule has 0 atom stereocenters. The predicted octanol–water partition coefficient (Wildman–Crippen LogP) is 2.95. The third kappa shape index (κ3) is 1.51. The lowest BCUT2D eigenvalue weighted by atomic mass is 9.62. The van der Waals surface area contributed by atoms with Crippen LogP contribution in [0.15, 0.2) is 30.5 Å². The number of hydrogen-bond donors (Lipinski definition) is 1. The van der Waals surface area contributed by atoms with Crippen molar-refractivity contribution in [2.24, 2.45) is 12.8 Å². The molecule has 1 saturated carbocycles. The van der Waals surface area contributed by atoms with Gasteiger partial charge in [0, 0.05) is 24.1 Å². The van der Waals surface area contributed by atoms with E-state index in [1.165, 1.54) is 35.7 Å². The van der Waals surface area contributed by atoms with Crippen LogP contribution in [0, 0.1) is 0 Å². The first-order chi connectivity index (χ1) is 8.27. The Hall–Kier alpha value is -1.28. The maximum Gasteiger partial charge on any atom is 0.0480 e. The standard InChI is InChI=1S/C15H20N2/c1-17-11-6-12-13(4-2-5-14(12)17)15(9-10-16)7-3-8-15/h2,4-6,11H,3,7-10,16H2,1H3. The van der Waals surface area contributed by atoms with Gasteiger partial charge in [-0.05, 0) is 48.9 Å². The summed E-state index contributed by atoms with van der Waals surface area (Å²) in [7, 11) is 2.11. The molecule has 3 rings (SSSR count). The van der Waals surface area contributed by atoms with E-state index in [9.17, 15) is 0 Å². The van der Waals surface area contributed by atoms with Crippen LogP contribution >= 0.6 is 0 Å². The third-order valence-corrected chi connectivity index (χ3v) is 4.43. The number of rotatable bonds is 3. The molecule has 0 bridgehead atoms. The molecule has 17 heavy (non-hydrogen) atoms. The van der Waals surface area contributed by atoms with E-state index in [0.717, 1.165) is 13.0 Å². The minimum absolute atomic E-state index is 0.371. The molecule has 2 heteroatoms. The van der Waals surface area contributed by atoms with Crippen LogP contribution in [-0.4, -0.2) is 11.1 Å². The van der Waals surface area contributed by atoms with Gasteiger partial charge in [0.15, 0.2) is 0 Å². The highest BCUT2D eigenvalue weighted by molar-refractivity contribution is 5.85. The van der Waals surface area contributed by atoms with Crippen molar-refractivity contribution in [2.45, 2.75) is 31.1 Å². The Morgan fingerprint density at radius 3 is 2.76 bits per heavy atom. The zero-order valence-corrected chi connectivity index (χ0v) is 10.4. The lowest BCUT2D eigenvalue weighted by molar-refractivity contribution is 0.231. The topological polar surface area (TPSA) is 30.9 Å². The van der Waals surface area contributed by atoms with Crippen molar-refractivity contribution >= 4 is 10.9 Å². The fraction of sp³-hybridized carbons (Fsp3) is 0.467. The Labute approximate surface area is 102 Å². The molecule has 1 aromatic heterocycles. The average molecular weight is 228 g/mol. The van der Waals surface area contributed by atoms with Gasteiger partial charge in [0.25, 0.3) is 0 Å². The fourth-order valence-electron chi connectivity index (χ4n) is 3.30. The molecule has 0 aliphatic heterocycles. The van der Waals surface area contributed by atoms with Crippen molar-refractivity contribution in [1.29, 1.82) is 0 Å². The Balaban J connectivity index is 2.16. The van der Waals surface area contributed by atoms with E-state index >= 15 is 0 Å². The first-order valence-corrected chi connectivity index (χ1v) is 6.51. The SMILES string of the molecule is Cn1ccc2c(C3(CCN)CCC3)cccc21. The van der Waals surface area contributed by atoms with Crippen molar-refractivity contribution in [1.82, 2.24) is 4.57 Å². The molecule has 1 heterocycles. The second-order valence-electron chi connectivity index (χ2n) is 5.34. The quantitative estimate of drug-likeness (QED) is 0.860. The molecule has 2 nitrogen and oxygen atoms in total. The first kappa shape index (κ1) is 10.8. The number of benzene rings is 1. The van der Waals surface area contributed by atoms with Gasteiger partial charge in [-0.2, -0.15) is 0 Å². The molecule has 1 aliphatic carbocycles. The van der Waals surface area contributed by atoms with Gasteiger partial charge >= 0.3 is 0 Å². The summed E-state index contributed by atoms with van der Waals surface area (Å²) in [5, 5.41) is 1.42. The van der Waals surface area contributed by atoms with Crippen molar-refractivity contribution < 1.29 is 0 Å². The second-order valence-corrected chi connectivity index (χ2v) is 5.34. The number of hydrogen-bond acceptors (Lipinski definition) is 1. The molecule has 0 spiro atoms. The van der Waals surface area contributed by atoms with E-state index < -0.39 is 0 Å². The largest absolute Gasteiger partial charge is 0.351 e. The van der Waals surface area contributed by atoms with Gasteiger partial charge in [-0.3, -0.25) is 0 Å². The van der Waals surface area contributed by atoms with Gasteiger partial charge in [-0.1, -0.05) is 18.6 Å². The molecule has 0 radical (unpaired) electrons. The predicted molar refractivity (Wildman–Crippen MR) is 72.1 cm³/mol. The lowest BCUT2D eigenvalue weighted by Gasteiger charge is -2.43. The van der Waals surface area contributed by atoms with Gasteiger partial charge < -0.3 is 10.3 Å². The van der Waals surface area contributed by atoms with Crippen molar-refractivity contribution in [3.05, 3.63) is 36.0 Å². The van der Waals surface area contributed by atoms with Crippen LogP contribution in [0.5, 0.6) is 0 Å². The second kappa shape index (κ2) is 3.88. The van der Waals surface area contributed by atoms with Crippen molar-refractivity contribution in [2.75, 3.05) is 6.54 Å². The smallest absolute Gasteiger partial charge is 0.0480 e. The van der Waals surface area contributed by atoms with Crippen molar-refractivity contribution in [3.8, 4) is 0 Å². The van der Waals surface area contributed by atoms with E-state index in [4.69, 9.17) is 5.73 Å². The summed E-state index contributed by atoms with van der Waals surface area (Å²) in [4.78, 5) is 0. The summed E-state index contributed by atoms with van der Waals surface area (Å²) in [6, 6.07) is 8.94. The maximum atomic E-state index is 5.81. The molecule has 0 saturated heterocycles. The van der Waals surface area contributed by atoms with Crippen LogP contribution in [0.4, 0.5) is 0 Å². The molecule has 1 fully saturated rings. The zero-order chi connectivity index (χ0) is 11.9. The van der Waals surface area contributed by atoms with Crippen LogP contribution < -0.4 is 5.73 Å². The van der Waals surface area contributed by atoms with Crippen LogP contribution in [0.1, 0.15) is 31.2 Å². The van der Waals surface area contributed by atoms with E-state index in [1.807, 2.05) is 0 Å². The highest BCUT2D eigenvalue weighted by Gasteiger charge is 2.38. The maximum absolute atomic E-state index is 5.81. The number of nitrogens with two attached hydrogens (primary N) is 1. The van der Waals surface area contributed by atoms with Crippen LogP contribution in [-0.2, 0) is 12.5 Å². The zero-order valence-electron chi connectivity index (χ0n) is 10.4. The van der Waals surface area contributed by atoms with E-state index in [-0.39, 0.29) is 0 Å². The Bertz CT molecular complexity index is 535. The number of aromatic nitrogens is 1. The number of aryl methyl sites for hydroxylation is 1. The molecule has 1 aliphatic rings. The van der Waals surface area contributed by atoms with E-state index in [0.29, 0.717) is 5.41 Å². The minimum Gasteiger partial charge on any atom is -0.351 e. The summed E-state index contributed by atoms with van der Waals surface area (Å²) in [5.41, 5.74) is 9.04. The fourth-order valence-corrected chi connectivity index (χ4v) is 3.30. The summed E-state index contributed by atoms with van der Waals surface area (Å²) in [6.07, 6.45) is 7.24. The molecule has 1 aromatic carbocycles. The van der Waals surface area contributed by atoms with Crippen LogP contribution in [0.2, 0.25) is 0 Å². The normalized spacial score (nSPS) is 18.2. The highest BCUT2D eigenvalue weighted by atomic mass is 14.9. The molecule has 90 valence electrons. The molecule has 0 amide bonds. The van der Waals surface area contributed by atoms with Crippen LogP contribution in [0.25, 0.3) is 10.9 Å². The molecular weight excluding hydrogens is 208 g/mol. The molecule has 2 N–H and O–H groups in total. The summed E-state index contributed by atoms with van der Waals surface area (Å²) >= 11 is 0. The van der Waals surface area contributed by atoms with Crippen LogP contribution in [0.3, 0.4) is 0 Å². The Kier molecular flexibility index (Phi) is 2.48. The van der Waals surface area contributed by atoms with E-state index in [1.54, 1.807) is 0 Å². The van der Waals surface area contributed by atoms with Gasteiger partial charge in [0.05, 0.1) is 0 Å². The summed E-state index contributed by atoms with van der Waals surface area (Å²) in [5.74, 6) is 0. The van der Waals surface area contributed by atoms with E-state index in [2.05, 4.69) is 42.1 Å². The average Bonchev–Trinajstić information content (AvgIpc) is 2.66. The number of nitrogens with zero attached hydrogens (tertiary/aromatic N) is 1. The monoisotopic (exact) mass is 228 g/mol. The minimum atomic E-state index is 0.371. The van der Waals surface area contributed by atoms with Crippen molar-refractivity contribution in [3.63, 3.8) is 0 Å². The lowest BCUT2D eigenvalue weighted by Crippen LogP contribution is -2.36. The third-order valence-electron chi connectivity index (χ3n) is 4.43. The Morgan fingerprint density at radius 2 is 2.12 bits per heavy atom. The Morgan fingerprint density at radius 1 is 1.29 bits per heavy atom. The van der Waals surface area contributed by atoms with Gasteiger partial charge in [-0.15, -0.1) is 0 Å². The molecular formula is C15H20N2. The number of fused-ring (bicyclic) bond motifs is 1. The van der Waals surface area contributed by atoms with Gasteiger partial charge in [0.1, 0.15) is 0 Å². The summed E-state index contributed by atoms with van der Waals surface area (Å²) in [6.45, 7) is 0.795. The highest BCUT2D eigenvalue weighted by Crippen LogP contribution is 2.48. The first-order valence-electron chi connectivity index (χ1n) is 6.51. The van der Waals surface area contributed by atoms with Gasteiger partial charge in [0.2, 0.25) is 0 Å². The summed E-state index contributed by atoms with van der Waals surface area (Å²) < 4.78 is 2.20.